The van der Waals surface area contributed by atoms with Crippen molar-refractivity contribution >= 4 is 11.6 Å². The van der Waals surface area contributed by atoms with Crippen LogP contribution in [0.5, 0.6) is 0 Å². The van der Waals surface area contributed by atoms with E-state index in [4.69, 9.17) is 11.6 Å². The molecule has 0 saturated carbocycles. The lowest BCUT2D eigenvalue weighted by molar-refractivity contribution is 0.597. The van der Waals surface area contributed by atoms with Gasteiger partial charge in [-0.15, -0.1) is 0 Å². The zero-order valence-electron chi connectivity index (χ0n) is 10.0. The van der Waals surface area contributed by atoms with Gasteiger partial charge in [-0.1, -0.05) is 30.7 Å². The molecule has 0 aliphatic heterocycles. The summed E-state index contributed by atoms with van der Waals surface area (Å²) in [7, 11) is 0. The second-order valence-electron chi connectivity index (χ2n) is 3.98. The normalized spacial score (nSPS) is 12.6. The highest BCUT2D eigenvalue weighted by atomic mass is 35.5. The van der Waals surface area contributed by atoms with Crippen LogP contribution < -0.4 is 5.32 Å². The van der Waals surface area contributed by atoms with E-state index >= 15 is 0 Å². The SMILES string of the molecule is CCNC(C)c1cccc(-n2cc(Cl)cn2)c1. The van der Waals surface area contributed by atoms with E-state index in [1.165, 1.54) is 5.56 Å². The van der Waals surface area contributed by atoms with Gasteiger partial charge in [-0.05, 0) is 31.2 Å². The fourth-order valence-corrected chi connectivity index (χ4v) is 1.94. The van der Waals surface area contributed by atoms with Gasteiger partial charge in [-0.2, -0.15) is 5.10 Å². The van der Waals surface area contributed by atoms with Crippen molar-refractivity contribution in [3.8, 4) is 5.69 Å². The summed E-state index contributed by atoms with van der Waals surface area (Å²) in [6, 6.07) is 8.63. The summed E-state index contributed by atoms with van der Waals surface area (Å²) in [5.74, 6) is 0. The number of hydrogen-bond acceptors (Lipinski definition) is 2. The first kappa shape index (κ1) is 12.1. The van der Waals surface area contributed by atoms with E-state index in [9.17, 15) is 0 Å². The maximum atomic E-state index is 5.87. The summed E-state index contributed by atoms with van der Waals surface area (Å²) in [4.78, 5) is 0. The summed E-state index contributed by atoms with van der Waals surface area (Å²) < 4.78 is 1.78. The predicted molar refractivity (Wildman–Crippen MR) is 70.7 cm³/mol. The number of nitrogens with zero attached hydrogens (tertiary/aromatic N) is 2. The van der Waals surface area contributed by atoms with E-state index in [-0.39, 0.29) is 0 Å². The molecule has 0 fully saturated rings. The zero-order valence-corrected chi connectivity index (χ0v) is 10.8. The smallest absolute Gasteiger partial charge is 0.0790 e. The molecule has 4 heteroatoms. The van der Waals surface area contributed by atoms with Crippen LogP contribution in [0.4, 0.5) is 0 Å². The molecule has 0 aliphatic carbocycles. The van der Waals surface area contributed by atoms with Crippen molar-refractivity contribution in [2.24, 2.45) is 0 Å². The van der Waals surface area contributed by atoms with Gasteiger partial charge in [0.1, 0.15) is 0 Å². The second kappa shape index (κ2) is 5.34. The lowest BCUT2D eigenvalue weighted by atomic mass is 10.1. The molecule has 2 aromatic rings. The Kier molecular flexibility index (Phi) is 3.82. The molecule has 0 spiro atoms. The minimum absolute atomic E-state index is 0.339. The maximum absolute atomic E-state index is 5.87. The van der Waals surface area contributed by atoms with Crippen molar-refractivity contribution in [3.05, 3.63) is 47.2 Å². The Morgan fingerprint density at radius 3 is 2.94 bits per heavy atom. The van der Waals surface area contributed by atoms with Crippen molar-refractivity contribution in [2.45, 2.75) is 19.9 Å². The summed E-state index contributed by atoms with van der Waals surface area (Å²) in [5.41, 5.74) is 2.27. The van der Waals surface area contributed by atoms with Crippen LogP contribution in [0.15, 0.2) is 36.7 Å². The zero-order chi connectivity index (χ0) is 12.3. The molecular weight excluding hydrogens is 234 g/mol. The summed E-state index contributed by atoms with van der Waals surface area (Å²) in [6.45, 7) is 5.21. The van der Waals surface area contributed by atoms with Crippen LogP contribution in [0.25, 0.3) is 5.69 Å². The van der Waals surface area contributed by atoms with Crippen LogP contribution >= 0.6 is 11.6 Å². The van der Waals surface area contributed by atoms with Crippen molar-refractivity contribution in [3.63, 3.8) is 0 Å². The molecule has 1 aromatic carbocycles. The molecule has 90 valence electrons. The summed E-state index contributed by atoms with van der Waals surface area (Å²) in [6.07, 6.45) is 3.44. The molecule has 0 bridgehead atoms. The van der Waals surface area contributed by atoms with Gasteiger partial charge in [-0.25, -0.2) is 4.68 Å². The van der Waals surface area contributed by atoms with Gasteiger partial charge in [-0.3, -0.25) is 0 Å². The van der Waals surface area contributed by atoms with Gasteiger partial charge in [0, 0.05) is 12.2 Å². The number of aromatic nitrogens is 2. The lowest BCUT2D eigenvalue weighted by Gasteiger charge is -2.13. The Morgan fingerprint density at radius 2 is 2.29 bits per heavy atom. The average molecular weight is 250 g/mol. The van der Waals surface area contributed by atoms with E-state index in [1.54, 1.807) is 17.1 Å². The Labute approximate surface area is 106 Å². The molecule has 3 nitrogen and oxygen atoms in total. The third-order valence-corrected chi connectivity index (χ3v) is 2.89. The highest BCUT2D eigenvalue weighted by molar-refractivity contribution is 6.30. The summed E-state index contributed by atoms with van der Waals surface area (Å²) >= 11 is 5.87. The molecule has 17 heavy (non-hydrogen) atoms. The van der Waals surface area contributed by atoms with Crippen LogP contribution in [0.1, 0.15) is 25.5 Å². The van der Waals surface area contributed by atoms with Crippen molar-refractivity contribution in [1.29, 1.82) is 0 Å². The monoisotopic (exact) mass is 249 g/mol. The van der Waals surface area contributed by atoms with Gasteiger partial charge in [0.05, 0.1) is 16.9 Å². The Morgan fingerprint density at radius 1 is 1.47 bits per heavy atom. The number of hydrogen-bond donors (Lipinski definition) is 1. The Bertz CT molecular complexity index is 493. The molecule has 0 radical (unpaired) electrons. The first-order chi connectivity index (χ1) is 8.20. The third kappa shape index (κ3) is 2.87. The molecule has 0 aliphatic rings. The molecule has 1 heterocycles. The Balaban J connectivity index is 2.28. The van der Waals surface area contributed by atoms with Gasteiger partial charge in [0.2, 0.25) is 0 Å². The maximum Gasteiger partial charge on any atom is 0.0790 e. The average Bonchev–Trinajstić information content (AvgIpc) is 2.76. The molecule has 0 saturated heterocycles. The molecular formula is C13H16ClN3. The third-order valence-electron chi connectivity index (χ3n) is 2.70. The first-order valence-electron chi connectivity index (χ1n) is 5.74. The van der Waals surface area contributed by atoms with Gasteiger partial charge < -0.3 is 5.32 Å². The predicted octanol–water partition coefficient (Wildman–Crippen LogP) is 3.20. The fraction of sp³-hybridized carbons (Fsp3) is 0.308. The number of rotatable bonds is 4. The van der Waals surface area contributed by atoms with Crippen LogP contribution in [0.3, 0.4) is 0 Å². The van der Waals surface area contributed by atoms with E-state index in [1.807, 2.05) is 12.1 Å². The largest absolute Gasteiger partial charge is 0.310 e. The lowest BCUT2D eigenvalue weighted by Crippen LogP contribution is -2.17. The highest BCUT2D eigenvalue weighted by Gasteiger charge is 2.05. The van der Waals surface area contributed by atoms with E-state index in [0.29, 0.717) is 11.1 Å². The molecule has 2 rings (SSSR count). The molecule has 1 aromatic heterocycles. The molecule has 1 unspecified atom stereocenters. The number of nitrogens with one attached hydrogen (secondary N) is 1. The van der Waals surface area contributed by atoms with Crippen molar-refractivity contribution in [1.82, 2.24) is 15.1 Å². The summed E-state index contributed by atoms with van der Waals surface area (Å²) in [5, 5.41) is 8.23. The van der Waals surface area contributed by atoms with Crippen molar-refractivity contribution < 1.29 is 0 Å². The Hall–Kier alpha value is -1.32. The fourth-order valence-electron chi connectivity index (χ4n) is 1.80. The molecule has 0 amide bonds. The van der Waals surface area contributed by atoms with Crippen LogP contribution in [0, 0.1) is 0 Å². The number of halogens is 1. The van der Waals surface area contributed by atoms with Crippen LogP contribution in [-0.4, -0.2) is 16.3 Å². The number of benzene rings is 1. The topological polar surface area (TPSA) is 29.9 Å². The van der Waals surface area contributed by atoms with Gasteiger partial charge in [0.25, 0.3) is 0 Å². The van der Waals surface area contributed by atoms with Gasteiger partial charge >= 0.3 is 0 Å². The highest BCUT2D eigenvalue weighted by Crippen LogP contribution is 2.17. The van der Waals surface area contributed by atoms with Crippen molar-refractivity contribution in [2.75, 3.05) is 6.54 Å². The standard InChI is InChI=1S/C13H16ClN3/c1-3-15-10(2)11-5-4-6-13(7-11)17-9-12(14)8-16-17/h4-10,15H,3H2,1-2H3. The second-order valence-corrected chi connectivity index (χ2v) is 4.41. The van der Waals surface area contributed by atoms with E-state index in [2.05, 4.69) is 36.4 Å². The first-order valence-corrected chi connectivity index (χ1v) is 6.12. The van der Waals surface area contributed by atoms with E-state index in [0.717, 1.165) is 12.2 Å². The molecule has 1 atom stereocenters. The quantitative estimate of drug-likeness (QED) is 0.902. The minimum Gasteiger partial charge on any atom is -0.310 e. The molecule has 1 N–H and O–H groups in total. The minimum atomic E-state index is 0.339. The van der Waals surface area contributed by atoms with E-state index < -0.39 is 0 Å². The van der Waals surface area contributed by atoms with Gasteiger partial charge in [0.15, 0.2) is 0 Å². The van der Waals surface area contributed by atoms with Crippen LogP contribution in [-0.2, 0) is 0 Å². The van der Waals surface area contributed by atoms with Crippen LogP contribution in [0.2, 0.25) is 5.02 Å².